The molecule has 1 heterocycles. The van der Waals surface area contributed by atoms with Gasteiger partial charge < -0.3 is 15.4 Å². The normalized spacial score (nSPS) is 15.5. The van der Waals surface area contributed by atoms with Gasteiger partial charge in [0.2, 0.25) is 5.88 Å². The lowest BCUT2D eigenvalue weighted by molar-refractivity contribution is 0.396. The average Bonchev–Trinajstić information content (AvgIpc) is 3.18. The molecule has 1 aliphatic rings. The first-order valence-electron chi connectivity index (χ1n) is 5.79. The van der Waals surface area contributed by atoms with Crippen molar-refractivity contribution < 1.29 is 4.74 Å². The van der Waals surface area contributed by atoms with E-state index in [0.717, 1.165) is 11.7 Å². The molecule has 92 valence electrons. The molecule has 1 aromatic rings. The number of nitrogens with zero attached hydrogens (tertiary/aromatic N) is 2. The molecule has 1 aromatic heterocycles. The van der Waals surface area contributed by atoms with Crippen molar-refractivity contribution in [3.05, 3.63) is 23.9 Å². The topological polar surface area (TPSA) is 58.5 Å². The largest absolute Gasteiger partial charge is 0.481 e. The number of nitrogens with one attached hydrogen (secondary N) is 2. The predicted octanol–water partition coefficient (Wildman–Crippen LogP) is 0.918. The molecule has 1 saturated carbocycles. The zero-order valence-electron chi connectivity index (χ0n) is 10.2. The first kappa shape index (κ1) is 11.7. The Morgan fingerprint density at radius 1 is 1.53 bits per heavy atom. The van der Waals surface area contributed by atoms with Crippen molar-refractivity contribution in [1.82, 2.24) is 15.6 Å². The van der Waals surface area contributed by atoms with Crippen LogP contribution in [-0.4, -0.2) is 31.1 Å². The molecule has 17 heavy (non-hydrogen) atoms. The SMILES string of the molecule is CN=C(NCc1cccc(OC)n1)NC1CC1. The number of ether oxygens (including phenoxy) is 1. The molecule has 0 unspecified atom stereocenters. The molecule has 1 fully saturated rings. The number of rotatable bonds is 4. The van der Waals surface area contributed by atoms with Gasteiger partial charge in [0.25, 0.3) is 0 Å². The molecular weight excluding hydrogens is 216 g/mol. The van der Waals surface area contributed by atoms with Crippen molar-refractivity contribution in [2.45, 2.75) is 25.4 Å². The number of hydrogen-bond acceptors (Lipinski definition) is 3. The van der Waals surface area contributed by atoms with Gasteiger partial charge in [-0.1, -0.05) is 6.07 Å². The van der Waals surface area contributed by atoms with Crippen LogP contribution in [-0.2, 0) is 6.54 Å². The van der Waals surface area contributed by atoms with Crippen molar-refractivity contribution >= 4 is 5.96 Å². The van der Waals surface area contributed by atoms with Gasteiger partial charge in [0.1, 0.15) is 0 Å². The molecule has 2 rings (SSSR count). The highest BCUT2D eigenvalue weighted by molar-refractivity contribution is 5.80. The van der Waals surface area contributed by atoms with E-state index in [4.69, 9.17) is 4.74 Å². The summed E-state index contributed by atoms with van der Waals surface area (Å²) in [6, 6.07) is 6.32. The summed E-state index contributed by atoms with van der Waals surface area (Å²) in [6.07, 6.45) is 2.47. The third-order valence-electron chi connectivity index (χ3n) is 2.57. The van der Waals surface area contributed by atoms with Crippen molar-refractivity contribution in [2.75, 3.05) is 14.2 Å². The van der Waals surface area contributed by atoms with Gasteiger partial charge >= 0.3 is 0 Å². The molecule has 0 bridgehead atoms. The standard InChI is InChI=1S/C12H18N4O/c1-13-12(16-9-6-7-9)14-8-10-4-3-5-11(15-10)17-2/h3-5,9H,6-8H2,1-2H3,(H2,13,14,16). The van der Waals surface area contributed by atoms with Crippen LogP contribution in [0.25, 0.3) is 0 Å². The summed E-state index contributed by atoms with van der Waals surface area (Å²) in [5.74, 6) is 1.46. The Morgan fingerprint density at radius 2 is 2.35 bits per heavy atom. The van der Waals surface area contributed by atoms with Crippen LogP contribution < -0.4 is 15.4 Å². The van der Waals surface area contributed by atoms with E-state index in [1.807, 2.05) is 18.2 Å². The van der Waals surface area contributed by atoms with Gasteiger partial charge in [-0.15, -0.1) is 0 Å². The number of hydrogen-bond donors (Lipinski definition) is 2. The second-order valence-electron chi connectivity index (χ2n) is 4.02. The van der Waals surface area contributed by atoms with Gasteiger partial charge in [0, 0.05) is 19.2 Å². The number of pyridine rings is 1. The lowest BCUT2D eigenvalue weighted by Crippen LogP contribution is -2.38. The zero-order chi connectivity index (χ0) is 12.1. The first-order valence-corrected chi connectivity index (χ1v) is 5.79. The number of guanidine groups is 1. The van der Waals surface area contributed by atoms with Crippen LogP contribution in [0.3, 0.4) is 0 Å². The maximum Gasteiger partial charge on any atom is 0.213 e. The number of methoxy groups -OCH3 is 1. The highest BCUT2D eigenvalue weighted by Crippen LogP contribution is 2.18. The first-order chi connectivity index (χ1) is 8.31. The van der Waals surface area contributed by atoms with Crippen LogP contribution >= 0.6 is 0 Å². The molecule has 0 atom stereocenters. The maximum atomic E-state index is 5.08. The molecule has 5 nitrogen and oxygen atoms in total. The van der Waals surface area contributed by atoms with E-state index in [0.29, 0.717) is 18.5 Å². The van der Waals surface area contributed by atoms with Gasteiger partial charge in [0.05, 0.1) is 19.3 Å². The van der Waals surface area contributed by atoms with Gasteiger partial charge in [-0.3, -0.25) is 4.99 Å². The molecule has 0 radical (unpaired) electrons. The smallest absolute Gasteiger partial charge is 0.213 e. The van der Waals surface area contributed by atoms with Crippen molar-refractivity contribution in [3.8, 4) is 5.88 Å². The second kappa shape index (κ2) is 5.52. The molecule has 0 saturated heterocycles. The third kappa shape index (κ3) is 3.62. The molecule has 0 amide bonds. The monoisotopic (exact) mass is 234 g/mol. The van der Waals surface area contributed by atoms with E-state index in [-0.39, 0.29) is 0 Å². The number of aliphatic imine (C=N–C) groups is 1. The molecule has 1 aliphatic carbocycles. The minimum absolute atomic E-state index is 0.597. The Balaban J connectivity index is 1.86. The molecular formula is C12H18N4O. The van der Waals surface area contributed by atoms with Crippen LogP contribution in [0.2, 0.25) is 0 Å². The van der Waals surface area contributed by atoms with Crippen LogP contribution in [0.5, 0.6) is 5.88 Å². The van der Waals surface area contributed by atoms with Gasteiger partial charge in [0.15, 0.2) is 5.96 Å². The Bertz CT molecular complexity index is 401. The summed E-state index contributed by atoms with van der Waals surface area (Å²) in [7, 11) is 3.39. The zero-order valence-corrected chi connectivity index (χ0v) is 10.2. The Hall–Kier alpha value is -1.78. The fraction of sp³-hybridized carbons (Fsp3) is 0.500. The highest BCUT2D eigenvalue weighted by Gasteiger charge is 2.21. The molecule has 0 aliphatic heterocycles. The number of aromatic nitrogens is 1. The summed E-state index contributed by atoms with van der Waals surface area (Å²) in [6.45, 7) is 0.642. The van der Waals surface area contributed by atoms with E-state index < -0.39 is 0 Å². The Labute approximate surface area is 101 Å². The average molecular weight is 234 g/mol. The van der Waals surface area contributed by atoms with Crippen molar-refractivity contribution in [3.63, 3.8) is 0 Å². The fourth-order valence-electron chi connectivity index (χ4n) is 1.46. The van der Waals surface area contributed by atoms with Crippen molar-refractivity contribution in [1.29, 1.82) is 0 Å². The lowest BCUT2D eigenvalue weighted by Gasteiger charge is -2.10. The second-order valence-corrected chi connectivity index (χ2v) is 4.02. The molecule has 0 spiro atoms. The summed E-state index contributed by atoms with van der Waals surface area (Å²) in [5, 5.41) is 6.55. The minimum Gasteiger partial charge on any atom is -0.481 e. The highest BCUT2D eigenvalue weighted by atomic mass is 16.5. The Kier molecular flexibility index (Phi) is 3.80. The van der Waals surface area contributed by atoms with E-state index in [1.54, 1.807) is 14.2 Å². The van der Waals surface area contributed by atoms with Gasteiger partial charge in [-0.05, 0) is 18.9 Å². The van der Waals surface area contributed by atoms with Gasteiger partial charge in [-0.2, -0.15) is 0 Å². The molecule has 2 N–H and O–H groups in total. The van der Waals surface area contributed by atoms with Crippen LogP contribution in [0.1, 0.15) is 18.5 Å². The minimum atomic E-state index is 0.597. The lowest BCUT2D eigenvalue weighted by atomic mass is 10.3. The third-order valence-corrected chi connectivity index (χ3v) is 2.57. The quantitative estimate of drug-likeness (QED) is 0.601. The van der Waals surface area contributed by atoms with Crippen molar-refractivity contribution in [2.24, 2.45) is 4.99 Å². The van der Waals surface area contributed by atoms with Crippen LogP contribution in [0, 0.1) is 0 Å². The van der Waals surface area contributed by atoms with E-state index in [2.05, 4.69) is 20.6 Å². The summed E-state index contributed by atoms with van der Waals surface area (Å²) >= 11 is 0. The maximum absolute atomic E-state index is 5.08. The fourth-order valence-corrected chi connectivity index (χ4v) is 1.46. The summed E-state index contributed by atoms with van der Waals surface area (Å²) in [5.41, 5.74) is 0.933. The van der Waals surface area contributed by atoms with Crippen LogP contribution in [0.4, 0.5) is 0 Å². The Morgan fingerprint density at radius 3 is 3.00 bits per heavy atom. The van der Waals surface area contributed by atoms with E-state index in [1.165, 1.54) is 12.8 Å². The van der Waals surface area contributed by atoms with E-state index >= 15 is 0 Å². The van der Waals surface area contributed by atoms with Crippen LogP contribution in [0.15, 0.2) is 23.2 Å². The summed E-state index contributed by atoms with van der Waals surface area (Å²) in [4.78, 5) is 8.49. The summed E-state index contributed by atoms with van der Waals surface area (Å²) < 4.78 is 5.08. The van der Waals surface area contributed by atoms with E-state index in [9.17, 15) is 0 Å². The molecule has 5 heteroatoms. The molecule has 0 aromatic carbocycles. The van der Waals surface area contributed by atoms with Gasteiger partial charge in [-0.25, -0.2) is 4.98 Å². The predicted molar refractivity (Wildman–Crippen MR) is 67.1 cm³/mol.